The van der Waals surface area contributed by atoms with E-state index in [-0.39, 0.29) is 23.0 Å². The van der Waals surface area contributed by atoms with Crippen molar-refractivity contribution in [3.8, 4) is 5.75 Å². The van der Waals surface area contributed by atoms with Gasteiger partial charge < -0.3 is 19.2 Å². The molecule has 2 fully saturated rings. The van der Waals surface area contributed by atoms with E-state index in [1.807, 2.05) is 37.6 Å². The smallest absolute Gasteiger partial charge is 0.262 e. The number of fused-ring (bicyclic) bond motifs is 3. The van der Waals surface area contributed by atoms with E-state index in [1.54, 1.807) is 23.1 Å². The Bertz CT molecular complexity index is 1120. The van der Waals surface area contributed by atoms with Crippen molar-refractivity contribution in [2.45, 2.75) is 57.2 Å². The van der Waals surface area contributed by atoms with Crippen molar-refractivity contribution in [1.82, 2.24) is 19.2 Å². The van der Waals surface area contributed by atoms with Gasteiger partial charge in [0.15, 0.2) is 5.82 Å². The summed E-state index contributed by atoms with van der Waals surface area (Å²) in [5, 5.41) is 7.07. The highest BCUT2D eigenvalue weighted by molar-refractivity contribution is 6.05. The standard InChI is InChI=1S/C22H27N5O3/c1-14(2)30-16-9-19-23-17(22-7-6-21(3,12-22)29-13-22)11-27(19)10-15(16)20(28)24-18-5-8-26(4)25-18/h5,8-11,14H,6-7,12-13H2,1-4H3,(H,24,25,28)/t21-,22-/m1/s1. The first-order valence-corrected chi connectivity index (χ1v) is 10.4. The molecule has 1 amide bonds. The SMILES string of the molecule is CC(C)Oc1cc2nc([C@]34CC[C@](C)(C3)OC4)cn2cc1C(=O)Nc1ccn(C)n1. The van der Waals surface area contributed by atoms with E-state index >= 15 is 0 Å². The molecule has 0 spiro atoms. The summed E-state index contributed by atoms with van der Waals surface area (Å²) < 4.78 is 15.6. The Morgan fingerprint density at radius 2 is 2.17 bits per heavy atom. The molecule has 8 nitrogen and oxygen atoms in total. The molecule has 8 heteroatoms. The monoisotopic (exact) mass is 409 g/mol. The number of carbonyl (C=O) groups excluding carboxylic acids is 1. The van der Waals surface area contributed by atoms with Crippen molar-refractivity contribution >= 4 is 17.4 Å². The minimum atomic E-state index is -0.266. The van der Waals surface area contributed by atoms with Crippen LogP contribution in [0.25, 0.3) is 5.65 Å². The maximum atomic E-state index is 13.0. The molecule has 1 saturated heterocycles. The van der Waals surface area contributed by atoms with E-state index in [2.05, 4.69) is 17.3 Å². The maximum Gasteiger partial charge on any atom is 0.262 e. The van der Waals surface area contributed by atoms with E-state index in [0.717, 1.165) is 30.6 Å². The molecule has 0 radical (unpaired) electrons. The van der Waals surface area contributed by atoms with Gasteiger partial charge in [0.2, 0.25) is 0 Å². The molecule has 0 aromatic carbocycles. The number of imidazole rings is 1. The molecule has 2 bridgehead atoms. The number of hydrogen-bond donors (Lipinski definition) is 1. The lowest BCUT2D eigenvalue weighted by Crippen LogP contribution is -2.26. The summed E-state index contributed by atoms with van der Waals surface area (Å²) in [6.45, 7) is 6.77. The van der Waals surface area contributed by atoms with Crippen LogP contribution in [0, 0.1) is 0 Å². The Hall–Kier alpha value is -2.87. The number of carbonyl (C=O) groups is 1. The Balaban J connectivity index is 1.53. The summed E-state index contributed by atoms with van der Waals surface area (Å²) in [6, 6.07) is 3.60. The lowest BCUT2D eigenvalue weighted by atomic mass is 9.84. The predicted octanol–water partition coefficient (Wildman–Crippen LogP) is 3.32. The minimum Gasteiger partial charge on any atom is -0.490 e. The molecule has 158 valence electrons. The second-order valence-electron chi connectivity index (χ2n) is 9.13. The highest BCUT2D eigenvalue weighted by atomic mass is 16.5. The molecular weight excluding hydrogens is 382 g/mol. The highest BCUT2D eigenvalue weighted by Crippen LogP contribution is 2.53. The van der Waals surface area contributed by atoms with Gasteiger partial charge in [-0.2, -0.15) is 5.10 Å². The van der Waals surface area contributed by atoms with Crippen molar-refractivity contribution in [3.05, 3.63) is 42.0 Å². The first kappa shape index (κ1) is 19.1. The van der Waals surface area contributed by atoms with Crippen LogP contribution in [0.5, 0.6) is 5.75 Å². The first-order chi connectivity index (χ1) is 14.3. The van der Waals surface area contributed by atoms with Crippen LogP contribution in [0.15, 0.2) is 30.7 Å². The minimum absolute atomic E-state index is 0.0315. The van der Waals surface area contributed by atoms with Crippen LogP contribution in [0.4, 0.5) is 5.82 Å². The van der Waals surface area contributed by atoms with Gasteiger partial charge in [0.05, 0.1) is 29.6 Å². The van der Waals surface area contributed by atoms with Gasteiger partial charge in [-0.1, -0.05) is 0 Å². The zero-order valence-corrected chi connectivity index (χ0v) is 17.8. The molecule has 1 N–H and O–H groups in total. The number of rotatable bonds is 5. The second kappa shape index (κ2) is 6.57. The van der Waals surface area contributed by atoms with Crippen LogP contribution in [-0.2, 0) is 17.2 Å². The van der Waals surface area contributed by atoms with Crippen LogP contribution in [-0.4, -0.2) is 43.4 Å². The van der Waals surface area contributed by atoms with Crippen LogP contribution < -0.4 is 10.1 Å². The molecule has 1 aliphatic carbocycles. The van der Waals surface area contributed by atoms with Crippen LogP contribution in [0.1, 0.15) is 56.1 Å². The quantitative estimate of drug-likeness (QED) is 0.699. The topological polar surface area (TPSA) is 82.7 Å². The molecule has 3 aromatic heterocycles. The molecule has 30 heavy (non-hydrogen) atoms. The number of aryl methyl sites for hydroxylation is 1. The van der Waals surface area contributed by atoms with Gasteiger partial charge in [-0.05, 0) is 40.0 Å². The van der Waals surface area contributed by atoms with Crippen LogP contribution in [0.2, 0.25) is 0 Å². The molecular formula is C22H27N5O3. The Labute approximate surface area is 175 Å². The lowest BCUT2D eigenvalue weighted by molar-refractivity contribution is -0.00627. The third kappa shape index (κ3) is 3.15. The number of pyridine rings is 1. The summed E-state index contributed by atoms with van der Waals surface area (Å²) in [5.41, 5.74) is 2.18. The van der Waals surface area contributed by atoms with Crippen molar-refractivity contribution < 1.29 is 14.3 Å². The Kier molecular flexibility index (Phi) is 4.18. The zero-order valence-electron chi connectivity index (χ0n) is 17.8. The highest BCUT2D eigenvalue weighted by Gasteiger charge is 2.55. The van der Waals surface area contributed by atoms with Gasteiger partial charge in [-0.15, -0.1) is 0 Å². The Morgan fingerprint density at radius 3 is 2.77 bits per heavy atom. The first-order valence-electron chi connectivity index (χ1n) is 10.4. The number of anilines is 1. The van der Waals surface area contributed by atoms with E-state index < -0.39 is 0 Å². The summed E-state index contributed by atoms with van der Waals surface area (Å²) in [7, 11) is 1.81. The lowest BCUT2D eigenvalue weighted by Gasteiger charge is -2.24. The van der Waals surface area contributed by atoms with E-state index in [4.69, 9.17) is 14.5 Å². The summed E-state index contributed by atoms with van der Waals surface area (Å²) in [6.07, 6.45) is 8.67. The fourth-order valence-electron chi connectivity index (χ4n) is 4.71. The van der Waals surface area contributed by atoms with Gasteiger partial charge in [-0.25, -0.2) is 4.98 Å². The van der Waals surface area contributed by atoms with Gasteiger partial charge in [-0.3, -0.25) is 9.48 Å². The number of ether oxygens (including phenoxy) is 2. The zero-order chi connectivity index (χ0) is 21.1. The van der Waals surface area contributed by atoms with E-state index in [1.165, 1.54) is 0 Å². The summed E-state index contributed by atoms with van der Waals surface area (Å²) in [5.74, 6) is 0.744. The number of amides is 1. The van der Waals surface area contributed by atoms with Crippen molar-refractivity contribution in [2.24, 2.45) is 7.05 Å². The third-order valence-corrected chi connectivity index (χ3v) is 6.20. The number of aromatic nitrogens is 4. The average molecular weight is 409 g/mol. The molecule has 2 aliphatic rings. The normalized spacial score (nSPS) is 25.4. The number of nitrogens with one attached hydrogen (secondary N) is 1. The fourth-order valence-corrected chi connectivity index (χ4v) is 4.71. The summed E-state index contributed by atoms with van der Waals surface area (Å²) >= 11 is 0. The van der Waals surface area contributed by atoms with E-state index in [9.17, 15) is 4.79 Å². The molecule has 4 heterocycles. The van der Waals surface area contributed by atoms with Gasteiger partial charge >= 0.3 is 0 Å². The van der Waals surface area contributed by atoms with Gasteiger partial charge in [0.25, 0.3) is 5.91 Å². The van der Waals surface area contributed by atoms with Gasteiger partial charge in [0, 0.05) is 43.2 Å². The van der Waals surface area contributed by atoms with Crippen molar-refractivity contribution in [3.63, 3.8) is 0 Å². The fraction of sp³-hybridized carbons (Fsp3) is 0.500. The molecule has 0 unspecified atom stereocenters. The molecule has 3 aromatic rings. The maximum absolute atomic E-state index is 13.0. The van der Waals surface area contributed by atoms with E-state index in [0.29, 0.717) is 23.7 Å². The average Bonchev–Trinajstić information content (AvgIpc) is 3.42. The van der Waals surface area contributed by atoms with Crippen LogP contribution >= 0.6 is 0 Å². The van der Waals surface area contributed by atoms with Crippen LogP contribution in [0.3, 0.4) is 0 Å². The van der Waals surface area contributed by atoms with Crippen molar-refractivity contribution in [2.75, 3.05) is 11.9 Å². The summed E-state index contributed by atoms with van der Waals surface area (Å²) in [4.78, 5) is 17.9. The molecule has 5 rings (SSSR count). The van der Waals surface area contributed by atoms with Crippen molar-refractivity contribution in [1.29, 1.82) is 0 Å². The molecule has 2 atom stereocenters. The number of hydrogen-bond acceptors (Lipinski definition) is 5. The second-order valence-corrected chi connectivity index (χ2v) is 9.13. The molecule has 1 saturated carbocycles. The Morgan fingerprint density at radius 1 is 1.33 bits per heavy atom. The van der Waals surface area contributed by atoms with Gasteiger partial charge in [0.1, 0.15) is 11.4 Å². The third-order valence-electron chi connectivity index (χ3n) is 6.20. The predicted molar refractivity (Wildman–Crippen MR) is 112 cm³/mol. The molecule has 1 aliphatic heterocycles. The largest absolute Gasteiger partial charge is 0.490 e. The number of nitrogens with zero attached hydrogens (tertiary/aromatic N) is 4.